The monoisotopic (exact) mass is 288 g/mol. The topological polar surface area (TPSA) is 55.0 Å². The molecular formula is C17H28N4. The number of nitrogen functional groups attached to an aromatic ring is 1. The van der Waals surface area contributed by atoms with Crippen molar-refractivity contribution >= 4 is 11.6 Å². The Hall–Kier alpha value is -1.32. The van der Waals surface area contributed by atoms with Gasteiger partial charge in [-0.15, -0.1) is 0 Å². The second-order valence-electron chi connectivity index (χ2n) is 7.67. The lowest BCUT2D eigenvalue weighted by atomic mass is 9.78. The van der Waals surface area contributed by atoms with E-state index in [1.54, 1.807) is 0 Å². The molecule has 0 spiro atoms. The first-order valence-electron chi connectivity index (χ1n) is 8.37. The fourth-order valence-electron chi connectivity index (χ4n) is 3.84. The summed E-state index contributed by atoms with van der Waals surface area (Å²) >= 11 is 0. The predicted octanol–water partition coefficient (Wildman–Crippen LogP) is 3.52. The largest absolute Gasteiger partial charge is 0.384 e. The zero-order valence-corrected chi connectivity index (χ0v) is 13.6. The third-order valence-electron chi connectivity index (χ3n) is 4.94. The number of rotatable bonds is 1. The molecule has 2 aliphatic rings. The van der Waals surface area contributed by atoms with Gasteiger partial charge in [0.2, 0.25) is 0 Å². The number of nitrogens with two attached hydrogens (primary N) is 1. The van der Waals surface area contributed by atoms with Crippen LogP contribution in [0.25, 0.3) is 0 Å². The predicted molar refractivity (Wildman–Crippen MR) is 87.5 cm³/mol. The van der Waals surface area contributed by atoms with E-state index in [0.29, 0.717) is 11.9 Å². The summed E-state index contributed by atoms with van der Waals surface area (Å²) in [7, 11) is 0. The summed E-state index contributed by atoms with van der Waals surface area (Å²) in [5, 5.41) is 0. The average molecular weight is 288 g/mol. The molecule has 1 saturated carbocycles. The van der Waals surface area contributed by atoms with Gasteiger partial charge >= 0.3 is 0 Å². The van der Waals surface area contributed by atoms with E-state index >= 15 is 0 Å². The molecule has 0 bridgehead atoms. The Morgan fingerprint density at radius 2 is 1.81 bits per heavy atom. The van der Waals surface area contributed by atoms with E-state index < -0.39 is 0 Å². The van der Waals surface area contributed by atoms with E-state index in [0.717, 1.165) is 24.1 Å². The highest BCUT2D eigenvalue weighted by atomic mass is 15.2. The van der Waals surface area contributed by atoms with Crippen molar-refractivity contribution in [1.82, 2.24) is 9.97 Å². The minimum atomic E-state index is -0.0636. The molecule has 0 amide bonds. The minimum absolute atomic E-state index is 0.0636. The van der Waals surface area contributed by atoms with E-state index in [4.69, 9.17) is 10.7 Å². The number of hydrogen-bond acceptors (Lipinski definition) is 4. The smallest absolute Gasteiger partial charge is 0.138 e. The van der Waals surface area contributed by atoms with Crippen molar-refractivity contribution in [2.45, 2.75) is 70.8 Å². The van der Waals surface area contributed by atoms with Gasteiger partial charge in [-0.2, -0.15) is 0 Å². The van der Waals surface area contributed by atoms with Crippen molar-refractivity contribution in [1.29, 1.82) is 0 Å². The number of hydrogen-bond donors (Lipinski definition) is 1. The Kier molecular flexibility index (Phi) is 3.80. The molecule has 0 unspecified atom stereocenters. The second-order valence-corrected chi connectivity index (χ2v) is 7.67. The van der Waals surface area contributed by atoms with E-state index in [-0.39, 0.29) is 5.41 Å². The van der Waals surface area contributed by atoms with E-state index in [1.807, 2.05) is 6.07 Å². The standard InChI is InChI=1S/C17H28N4/c1-17(2,3)16-19-14(18)11-15(20-16)21-10-6-8-12-7-4-5-9-13(12)21/h11-13H,4-10H2,1-3H3,(H2,18,19,20)/t12-,13-/m1/s1. The highest BCUT2D eigenvalue weighted by Crippen LogP contribution is 2.37. The van der Waals surface area contributed by atoms with Crippen LogP contribution in [0.1, 0.15) is 65.1 Å². The zero-order valence-electron chi connectivity index (χ0n) is 13.6. The van der Waals surface area contributed by atoms with Crippen LogP contribution < -0.4 is 10.6 Å². The minimum Gasteiger partial charge on any atom is -0.384 e. The molecule has 1 aromatic heterocycles. The normalized spacial score (nSPS) is 26.5. The van der Waals surface area contributed by atoms with Gasteiger partial charge in [0.05, 0.1) is 0 Å². The maximum Gasteiger partial charge on any atom is 0.138 e. The van der Waals surface area contributed by atoms with Crippen LogP contribution in [0.3, 0.4) is 0 Å². The molecule has 4 heteroatoms. The Morgan fingerprint density at radius 3 is 2.57 bits per heavy atom. The highest BCUT2D eigenvalue weighted by Gasteiger charge is 2.34. The molecule has 2 heterocycles. The van der Waals surface area contributed by atoms with Crippen LogP contribution in [0.5, 0.6) is 0 Å². The molecular weight excluding hydrogens is 260 g/mol. The van der Waals surface area contributed by atoms with Gasteiger partial charge in [-0.3, -0.25) is 0 Å². The van der Waals surface area contributed by atoms with Crippen LogP contribution in [0.2, 0.25) is 0 Å². The van der Waals surface area contributed by atoms with Gasteiger partial charge < -0.3 is 10.6 Å². The first-order chi connectivity index (χ1) is 9.95. The Morgan fingerprint density at radius 1 is 1.10 bits per heavy atom. The quantitative estimate of drug-likeness (QED) is 0.859. The fourth-order valence-corrected chi connectivity index (χ4v) is 3.84. The van der Waals surface area contributed by atoms with Gasteiger partial charge in [-0.25, -0.2) is 9.97 Å². The molecule has 4 nitrogen and oxygen atoms in total. The van der Waals surface area contributed by atoms with Gasteiger partial charge in [0.15, 0.2) is 0 Å². The van der Waals surface area contributed by atoms with Crippen molar-refractivity contribution in [2.24, 2.45) is 5.92 Å². The summed E-state index contributed by atoms with van der Waals surface area (Å²) in [4.78, 5) is 11.8. The summed E-state index contributed by atoms with van der Waals surface area (Å²) in [5.74, 6) is 3.35. The fraction of sp³-hybridized carbons (Fsp3) is 0.765. The van der Waals surface area contributed by atoms with Crippen LogP contribution in [-0.4, -0.2) is 22.6 Å². The van der Waals surface area contributed by atoms with Gasteiger partial charge in [-0.1, -0.05) is 33.6 Å². The van der Waals surface area contributed by atoms with Crippen molar-refractivity contribution in [3.8, 4) is 0 Å². The van der Waals surface area contributed by atoms with Crippen LogP contribution in [0.4, 0.5) is 11.6 Å². The van der Waals surface area contributed by atoms with Crippen LogP contribution >= 0.6 is 0 Å². The molecule has 1 saturated heterocycles. The maximum atomic E-state index is 6.05. The highest BCUT2D eigenvalue weighted by molar-refractivity contribution is 5.49. The van der Waals surface area contributed by atoms with E-state index in [1.165, 1.54) is 38.5 Å². The maximum absolute atomic E-state index is 6.05. The van der Waals surface area contributed by atoms with Crippen molar-refractivity contribution in [3.63, 3.8) is 0 Å². The summed E-state index contributed by atoms with van der Waals surface area (Å²) in [6, 6.07) is 2.63. The number of anilines is 2. The average Bonchev–Trinajstić information content (AvgIpc) is 2.45. The Labute approximate surface area is 128 Å². The van der Waals surface area contributed by atoms with Gasteiger partial charge in [-0.05, 0) is 31.6 Å². The van der Waals surface area contributed by atoms with Gasteiger partial charge in [0, 0.05) is 24.1 Å². The molecule has 0 radical (unpaired) electrons. The SMILES string of the molecule is CC(C)(C)c1nc(N)cc(N2CCC[C@H]3CCCC[C@H]32)n1. The molecule has 1 aromatic rings. The number of fused-ring (bicyclic) bond motifs is 1. The third-order valence-corrected chi connectivity index (χ3v) is 4.94. The Bertz CT molecular complexity index is 504. The molecule has 21 heavy (non-hydrogen) atoms. The number of aromatic nitrogens is 2. The summed E-state index contributed by atoms with van der Waals surface area (Å²) in [6.45, 7) is 7.54. The lowest BCUT2D eigenvalue weighted by Crippen LogP contribution is -2.47. The molecule has 0 aromatic carbocycles. The molecule has 2 atom stereocenters. The molecule has 116 valence electrons. The lowest BCUT2D eigenvalue weighted by molar-refractivity contribution is 0.242. The second kappa shape index (κ2) is 5.47. The Balaban J connectivity index is 1.93. The van der Waals surface area contributed by atoms with Crippen LogP contribution in [0, 0.1) is 5.92 Å². The van der Waals surface area contributed by atoms with E-state index in [9.17, 15) is 0 Å². The van der Waals surface area contributed by atoms with Crippen molar-refractivity contribution < 1.29 is 0 Å². The molecule has 1 aliphatic carbocycles. The van der Waals surface area contributed by atoms with Crippen LogP contribution in [0.15, 0.2) is 6.07 Å². The molecule has 1 aliphatic heterocycles. The van der Waals surface area contributed by atoms with Crippen molar-refractivity contribution in [2.75, 3.05) is 17.2 Å². The first kappa shape index (κ1) is 14.6. The third kappa shape index (κ3) is 2.99. The summed E-state index contributed by atoms with van der Waals surface area (Å²) < 4.78 is 0. The number of nitrogens with zero attached hydrogens (tertiary/aromatic N) is 3. The molecule has 2 fully saturated rings. The first-order valence-corrected chi connectivity index (χ1v) is 8.37. The lowest BCUT2D eigenvalue weighted by Gasteiger charge is -2.45. The zero-order chi connectivity index (χ0) is 15.0. The summed E-state index contributed by atoms with van der Waals surface area (Å²) in [5.41, 5.74) is 5.99. The van der Waals surface area contributed by atoms with E-state index in [2.05, 4.69) is 30.7 Å². The number of piperidine rings is 1. The van der Waals surface area contributed by atoms with Gasteiger partial charge in [0.1, 0.15) is 17.5 Å². The van der Waals surface area contributed by atoms with Gasteiger partial charge in [0.25, 0.3) is 0 Å². The molecule has 2 N–H and O–H groups in total. The summed E-state index contributed by atoms with van der Waals surface area (Å²) in [6.07, 6.45) is 8.09. The molecule has 3 rings (SSSR count). The van der Waals surface area contributed by atoms with Crippen molar-refractivity contribution in [3.05, 3.63) is 11.9 Å². The van der Waals surface area contributed by atoms with Crippen LogP contribution in [-0.2, 0) is 5.41 Å².